The predicted molar refractivity (Wildman–Crippen MR) is 77.0 cm³/mol. The van der Waals surface area contributed by atoms with Crippen molar-refractivity contribution in [1.29, 1.82) is 0 Å². The van der Waals surface area contributed by atoms with Crippen LogP contribution in [-0.2, 0) is 6.42 Å². The summed E-state index contributed by atoms with van der Waals surface area (Å²) in [5.41, 5.74) is 1.53. The number of thiophene rings is 1. The van der Waals surface area contributed by atoms with Crippen LogP contribution >= 0.6 is 33.9 Å². The van der Waals surface area contributed by atoms with E-state index in [4.69, 9.17) is 5.11 Å². The standard InChI is InChI=1S/C12H18INOS/c13-12-8-9-10(14-6-1-2-7-15)4-3-5-11(9)16-12/h8,10,14-15H,1-7H2. The molecular formula is C12H18INOS. The second-order valence-corrected chi connectivity index (χ2v) is 7.29. The Morgan fingerprint density at radius 3 is 3.19 bits per heavy atom. The van der Waals surface area contributed by atoms with Crippen LogP contribution in [0.1, 0.15) is 42.2 Å². The van der Waals surface area contributed by atoms with Gasteiger partial charge < -0.3 is 10.4 Å². The molecule has 0 saturated carbocycles. The Morgan fingerprint density at radius 2 is 2.38 bits per heavy atom. The Hall–Kier alpha value is 0.350. The Balaban J connectivity index is 1.91. The van der Waals surface area contributed by atoms with Gasteiger partial charge in [0, 0.05) is 17.5 Å². The summed E-state index contributed by atoms with van der Waals surface area (Å²) in [6, 6.07) is 2.89. The Labute approximate surface area is 115 Å². The summed E-state index contributed by atoms with van der Waals surface area (Å²) in [6.07, 6.45) is 5.81. The lowest BCUT2D eigenvalue weighted by Crippen LogP contribution is -2.25. The minimum atomic E-state index is 0.313. The van der Waals surface area contributed by atoms with Crippen LogP contribution in [0, 0.1) is 2.88 Å². The number of aryl methyl sites for hydroxylation is 1. The van der Waals surface area contributed by atoms with Gasteiger partial charge in [-0.1, -0.05) is 0 Å². The summed E-state index contributed by atoms with van der Waals surface area (Å²) in [5.74, 6) is 0. The summed E-state index contributed by atoms with van der Waals surface area (Å²) in [6.45, 7) is 1.34. The van der Waals surface area contributed by atoms with Crippen LogP contribution in [0.2, 0.25) is 0 Å². The van der Waals surface area contributed by atoms with Gasteiger partial charge in [0.25, 0.3) is 0 Å². The first-order valence-electron chi connectivity index (χ1n) is 5.93. The monoisotopic (exact) mass is 351 g/mol. The molecule has 2 N–H and O–H groups in total. The molecule has 0 aliphatic heterocycles. The zero-order valence-corrected chi connectivity index (χ0v) is 12.3. The van der Waals surface area contributed by atoms with Gasteiger partial charge in [-0.05, 0) is 72.9 Å². The van der Waals surface area contributed by atoms with Crippen molar-refractivity contribution >= 4 is 33.9 Å². The highest BCUT2D eigenvalue weighted by molar-refractivity contribution is 14.1. The highest BCUT2D eigenvalue weighted by Gasteiger charge is 2.21. The molecule has 2 nitrogen and oxygen atoms in total. The van der Waals surface area contributed by atoms with Gasteiger partial charge in [0.05, 0.1) is 2.88 Å². The van der Waals surface area contributed by atoms with Gasteiger partial charge in [0.2, 0.25) is 0 Å². The lowest BCUT2D eigenvalue weighted by atomic mass is 9.94. The van der Waals surface area contributed by atoms with Gasteiger partial charge >= 0.3 is 0 Å². The number of hydrogen-bond donors (Lipinski definition) is 2. The number of fused-ring (bicyclic) bond motifs is 1. The van der Waals surface area contributed by atoms with E-state index in [2.05, 4.69) is 34.0 Å². The second-order valence-electron chi connectivity index (χ2n) is 4.26. The van der Waals surface area contributed by atoms with Crippen molar-refractivity contribution in [3.63, 3.8) is 0 Å². The fourth-order valence-electron chi connectivity index (χ4n) is 2.25. The van der Waals surface area contributed by atoms with Gasteiger partial charge in [-0.15, -0.1) is 11.3 Å². The Morgan fingerprint density at radius 1 is 1.50 bits per heavy atom. The molecule has 1 unspecified atom stereocenters. The molecule has 1 aliphatic rings. The maximum atomic E-state index is 8.74. The molecule has 1 aromatic heterocycles. The number of nitrogens with one attached hydrogen (secondary N) is 1. The number of halogens is 1. The molecule has 0 fully saturated rings. The lowest BCUT2D eigenvalue weighted by molar-refractivity contribution is 0.282. The van der Waals surface area contributed by atoms with Crippen LogP contribution in [0.5, 0.6) is 0 Å². The summed E-state index contributed by atoms with van der Waals surface area (Å²) >= 11 is 4.36. The Bertz CT molecular complexity index is 340. The molecule has 0 bridgehead atoms. The number of aliphatic hydroxyl groups is 1. The molecule has 1 aliphatic carbocycles. The van der Waals surface area contributed by atoms with Crippen LogP contribution in [0.15, 0.2) is 6.07 Å². The SMILES string of the molecule is OCCCCNC1CCCc2sc(I)cc21. The average Bonchev–Trinajstić information content (AvgIpc) is 2.65. The largest absolute Gasteiger partial charge is 0.396 e. The van der Waals surface area contributed by atoms with E-state index in [-0.39, 0.29) is 0 Å². The predicted octanol–water partition coefficient (Wildman–Crippen LogP) is 3.09. The van der Waals surface area contributed by atoms with E-state index in [1.807, 2.05) is 11.3 Å². The van der Waals surface area contributed by atoms with Gasteiger partial charge in [-0.2, -0.15) is 0 Å². The Kier molecular flexibility index (Phi) is 5.06. The van der Waals surface area contributed by atoms with Gasteiger partial charge in [-0.25, -0.2) is 0 Å². The van der Waals surface area contributed by atoms with E-state index in [1.54, 1.807) is 4.88 Å². The van der Waals surface area contributed by atoms with Gasteiger partial charge in [0.15, 0.2) is 0 Å². The third-order valence-electron chi connectivity index (χ3n) is 3.06. The number of aliphatic hydroxyl groups excluding tert-OH is 1. The van der Waals surface area contributed by atoms with E-state index in [1.165, 1.54) is 27.7 Å². The highest BCUT2D eigenvalue weighted by Crippen LogP contribution is 2.36. The number of hydrogen-bond acceptors (Lipinski definition) is 3. The summed E-state index contributed by atoms with van der Waals surface area (Å²) in [5, 5.41) is 12.4. The molecule has 1 aromatic rings. The van der Waals surface area contributed by atoms with Crippen LogP contribution in [0.25, 0.3) is 0 Å². The first kappa shape index (κ1) is 12.8. The first-order valence-corrected chi connectivity index (χ1v) is 7.83. The van der Waals surface area contributed by atoms with Crippen LogP contribution in [0.4, 0.5) is 0 Å². The topological polar surface area (TPSA) is 32.3 Å². The molecule has 1 atom stereocenters. The first-order chi connectivity index (χ1) is 7.81. The third kappa shape index (κ3) is 3.18. The molecule has 2 rings (SSSR count). The maximum Gasteiger partial charge on any atom is 0.0659 e. The fraction of sp³-hybridized carbons (Fsp3) is 0.667. The molecule has 0 aromatic carbocycles. The average molecular weight is 351 g/mol. The minimum absolute atomic E-state index is 0.313. The van der Waals surface area contributed by atoms with Crippen molar-refractivity contribution in [3.8, 4) is 0 Å². The molecule has 0 saturated heterocycles. The second kappa shape index (κ2) is 6.33. The van der Waals surface area contributed by atoms with Crippen molar-refractivity contribution in [2.45, 2.75) is 38.1 Å². The van der Waals surface area contributed by atoms with Gasteiger partial charge in [-0.3, -0.25) is 0 Å². The molecule has 1 heterocycles. The van der Waals surface area contributed by atoms with Crippen molar-refractivity contribution in [1.82, 2.24) is 5.32 Å². The van der Waals surface area contributed by atoms with Crippen molar-refractivity contribution in [2.75, 3.05) is 13.2 Å². The summed E-state index contributed by atoms with van der Waals surface area (Å²) in [7, 11) is 0. The fourth-order valence-corrected chi connectivity index (χ4v) is 4.37. The molecule has 0 spiro atoms. The van der Waals surface area contributed by atoms with Crippen LogP contribution in [0.3, 0.4) is 0 Å². The number of unbranched alkanes of at least 4 members (excludes halogenated alkanes) is 1. The zero-order valence-electron chi connectivity index (χ0n) is 9.34. The van der Waals surface area contributed by atoms with E-state index in [9.17, 15) is 0 Å². The lowest BCUT2D eigenvalue weighted by Gasteiger charge is -2.23. The molecule has 0 radical (unpaired) electrons. The van der Waals surface area contributed by atoms with E-state index in [0.717, 1.165) is 19.4 Å². The molecular weight excluding hydrogens is 333 g/mol. The smallest absolute Gasteiger partial charge is 0.0659 e. The van der Waals surface area contributed by atoms with Crippen molar-refractivity contribution in [3.05, 3.63) is 19.4 Å². The van der Waals surface area contributed by atoms with Crippen molar-refractivity contribution in [2.24, 2.45) is 0 Å². The quantitative estimate of drug-likeness (QED) is 0.631. The summed E-state index contributed by atoms with van der Waals surface area (Å²) in [4.78, 5) is 1.58. The molecule has 90 valence electrons. The van der Waals surface area contributed by atoms with Gasteiger partial charge in [0.1, 0.15) is 0 Å². The van der Waals surface area contributed by atoms with E-state index < -0.39 is 0 Å². The highest BCUT2D eigenvalue weighted by atomic mass is 127. The van der Waals surface area contributed by atoms with Crippen LogP contribution in [-0.4, -0.2) is 18.3 Å². The molecule has 16 heavy (non-hydrogen) atoms. The molecule has 0 amide bonds. The van der Waals surface area contributed by atoms with Crippen LogP contribution < -0.4 is 5.32 Å². The normalized spacial score (nSPS) is 19.8. The van der Waals surface area contributed by atoms with Crippen molar-refractivity contribution < 1.29 is 5.11 Å². The number of rotatable bonds is 5. The third-order valence-corrected chi connectivity index (χ3v) is 5.03. The van der Waals surface area contributed by atoms with E-state index >= 15 is 0 Å². The summed E-state index contributed by atoms with van der Waals surface area (Å²) < 4.78 is 1.41. The minimum Gasteiger partial charge on any atom is -0.396 e. The van der Waals surface area contributed by atoms with E-state index in [0.29, 0.717) is 12.6 Å². The molecule has 4 heteroatoms. The zero-order chi connectivity index (χ0) is 11.4. The maximum absolute atomic E-state index is 8.74.